The molecule has 0 amide bonds. The average Bonchev–Trinajstić information content (AvgIpc) is 3.01. The van der Waals surface area contributed by atoms with Crippen LogP contribution in [0, 0.1) is 12.3 Å². The molecular formula is C12H12FN5O4. The van der Waals surface area contributed by atoms with E-state index in [-0.39, 0.29) is 17.1 Å². The Bertz CT molecular complexity index is 827. The summed E-state index contributed by atoms with van der Waals surface area (Å²) in [6.07, 6.45) is 1.25. The number of halogens is 1. The van der Waals surface area contributed by atoms with Crippen LogP contribution in [0.25, 0.3) is 11.2 Å². The number of aromatic nitrogens is 4. The number of aliphatic hydroxyl groups is 2. The van der Waals surface area contributed by atoms with Gasteiger partial charge in [0.1, 0.15) is 6.10 Å². The number of ether oxygens (including phenoxy) is 1. The molecule has 0 radical (unpaired) electrons. The lowest BCUT2D eigenvalue weighted by molar-refractivity contribution is -0.0900. The molecule has 0 saturated carbocycles. The Kier molecular flexibility index (Phi) is 3.13. The average molecular weight is 309 g/mol. The Hall–Kier alpha value is -2.48. The predicted molar refractivity (Wildman–Crippen MR) is 72.2 cm³/mol. The highest BCUT2D eigenvalue weighted by atomic mass is 19.1. The molecular weight excluding hydrogens is 297 g/mol. The Labute approximate surface area is 122 Å². The predicted octanol–water partition coefficient (Wildman–Crippen LogP) is -1.71. The van der Waals surface area contributed by atoms with Gasteiger partial charge in [0.25, 0.3) is 5.56 Å². The number of aromatic amines is 1. The lowest BCUT2D eigenvalue weighted by Gasteiger charge is -2.23. The van der Waals surface area contributed by atoms with Crippen molar-refractivity contribution in [2.75, 3.05) is 12.3 Å². The molecule has 0 spiro atoms. The van der Waals surface area contributed by atoms with Crippen LogP contribution in [0.4, 0.5) is 10.3 Å². The van der Waals surface area contributed by atoms with E-state index in [0.717, 1.165) is 10.9 Å². The standard InChI is InChI=1S/C12H12FN5O4/c1-2-12(3-19)7(20)5(13)10(22-12)18-4-15-6-8(18)16-11(14)17-9(6)21/h1,4-5,7,10,19-20H,3H2,(H3,14,16,17,21)/t5-,7+,10-,12-/m1/s1. The molecule has 22 heavy (non-hydrogen) atoms. The highest BCUT2D eigenvalue weighted by molar-refractivity contribution is 5.70. The first-order chi connectivity index (χ1) is 10.4. The van der Waals surface area contributed by atoms with Crippen molar-refractivity contribution < 1.29 is 19.3 Å². The Balaban J connectivity index is 2.13. The van der Waals surface area contributed by atoms with Gasteiger partial charge in [-0.1, -0.05) is 5.92 Å². The van der Waals surface area contributed by atoms with Gasteiger partial charge in [0, 0.05) is 0 Å². The maximum Gasteiger partial charge on any atom is 0.280 e. The van der Waals surface area contributed by atoms with Gasteiger partial charge >= 0.3 is 0 Å². The molecule has 2 aromatic heterocycles. The maximum atomic E-state index is 14.4. The SMILES string of the molecule is C#C[C@]1(CO)O[C@@H](n2cnc3c(=O)[nH]c(N)nc32)[C@H](F)[C@@H]1O. The van der Waals surface area contributed by atoms with Crippen molar-refractivity contribution in [2.45, 2.75) is 24.1 Å². The summed E-state index contributed by atoms with van der Waals surface area (Å²) >= 11 is 0. The number of hydrogen-bond donors (Lipinski definition) is 4. The van der Waals surface area contributed by atoms with Gasteiger partial charge in [-0.25, -0.2) is 9.37 Å². The number of anilines is 1. The molecule has 1 saturated heterocycles. The van der Waals surface area contributed by atoms with Crippen molar-refractivity contribution in [3.8, 4) is 12.3 Å². The number of H-pyrrole nitrogens is 1. The summed E-state index contributed by atoms with van der Waals surface area (Å²) in [5.41, 5.74) is 2.89. The van der Waals surface area contributed by atoms with Crippen LogP contribution >= 0.6 is 0 Å². The number of fused-ring (bicyclic) bond motifs is 1. The number of alkyl halides is 1. The first-order valence-corrected chi connectivity index (χ1v) is 6.24. The third-order valence-corrected chi connectivity index (χ3v) is 3.59. The molecule has 0 aromatic carbocycles. The van der Waals surface area contributed by atoms with Crippen molar-refractivity contribution in [1.29, 1.82) is 0 Å². The second-order valence-electron chi connectivity index (χ2n) is 4.86. The van der Waals surface area contributed by atoms with E-state index in [1.807, 2.05) is 0 Å². The highest BCUT2D eigenvalue weighted by Crippen LogP contribution is 2.39. The van der Waals surface area contributed by atoms with E-state index in [9.17, 15) is 19.4 Å². The van der Waals surface area contributed by atoms with Crippen LogP contribution in [0.5, 0.6) is 0 Å². The summed E-state index contributed by atoms with van der Waals surface area (Å²) in [6.45, 7) is -0.773. The quantitative estimate of drug-likeness (QED) is 0.484. The Morgan fingerprint density at radius 3 is 3.00 bits per heavy atom. The molecule has 0 bridgehead atoms. The largest absolute Gasteiger partial charge is 0.392 e. The van der Waals surface area contributed by atoms with Crippen molar-refractivity contribution in [3.05, 3.63) is 16.7 Å². The molecule has 3 heterocycles. The number of nitrogens with zero attached hydrogens (tertiary/aromatic N) is 3. The summed E-state index contributed by atoms with van der Waals surface area (Å²) < 4.78 is 20.8. The summed E-state index contributed by atoms with van der Waals surface area (Å²) in [5, 5.41) is 19.2. The summed E-state index contributed by atoms with van der Waals surface area (Å²) in [7, 11) is 0. The van der Waals surface area contributed by atoms with Gasteiger partial charge in [0.05, 0.1) is 12.9 Å². The number of hydrogen-bond acceptors (Lipinski definition) is 7. The second kappa shape index (κ2) is 4.77. The first-order valence-electron chi connectivity index (χ1n) is 6.24. The van der Waals surface area contributed by atoms with E-state index in [1.165, 1.54) is 0 Å². The smallest absolute Gasteiger partial charge is 0.280 e. The fraction of sp³-hybridized carbons (Fsp3) is 0.417. The molecule has 1 fully saturated rings. The van der Waals surface area contributed by atoms with E-state index in [1.54, 1.807) is 0 Å². The normalized spacial score (nSPS) is 31.5. The zero-order valence-electron chi connectivity index (χ0n) is 11.1. The zero-order valence-corrected chi connectivity index (χ0v) is 11.1. The second-order valence-corrected chi connectivity index (χ2v) is 4.86. The van der Waals surface area contributed by atoms with Crippen LogP contribution in [0.1, 0.15) is 6.23 Å². The zero-order chi connectivity index (χ0) is 16.1. The lowest BCUT2D eigenvalue weighted by atomic mass is 9.98. The molecule has 0 unspecified atom stereocenters. The van der Waals surface area contributed by atoms with Crippen LogP contribution in [0.3, 0.4) is 0 Å². The lowest BCUT2D eigenvalue weighted by Crippen LogP contribution is -2.44. The topological polar surface area (TPSA) is 139 Å². The molecule has 116 valence electrons. The summed E-state index contributed by atoms with van der Waals surface area (Å²) in [6, 6.07) is 0. The molecule has 9 nitrogen and oxygen atoms in total. The molecule has 4 atom stereocenters. The fourth-order valence-corrected chi connectivity index (χ4v) is 2.40. The minimum Gasteiger partial charge on any atom is -0.392 e. The number of nitrogen functional groups attached to an aromatic ring is 1. The van der Waals surface area contributed by atoms with Gasteiger partial charge in [-0.05, 0) is 0 Å². The number of aliphatic hydroxyl groups excluding tert-OH is 2. The van der Waals surface area contributed by atoms with Crippen molar-refractivity contribution in [3.63, 3.8) is 0 Å². The molecule has 1 aliphatic heterocycles. The fourth-order valence-electron chi connectivity index (χ4n) is 2.40. The molecule has 2 aromatic rings. The van der Waals surface area contributed by atoms with Crippen molar-refractivity contribution in [2.24, 2.45) is 0 Å². The van der Waals surface area contributed by atoms with E-state index in [2.05, 4.69) is 20.9 Å². The van der Waals surface area contributed by atoms with E-state index in [4.69, 9.17) is 16.9 Å². The monoisotopic (exact) mass is 309 g/mol. The van der Waals surface area contributed by atoms with E-state index in [0.29, 0.717) is 0 Å². The molecule has 10 heteroatoms. The van der Waals surface area contributed by atoms with Crippen LogP contribution in [0.15, 0.2) is 11.1 Å². The van der Waals surface area contributed by atoms with Crippen molar-refractivity contribution >= 4 is 17.1 Å². The third-order valence-electron chi connectivity index (χ3n) is 3.59. The van der Waals surface area contributed by atoms with Gasteiger partial charge < -0.3 is 20.7 Å². The Morgan fingerprint density at radius 2 is 2.41 bits per heavy atom. The first kappa shape index (κ1) is 14.5. The van der Waals surface area contributed by atoms with Gasteiger partial charge in [-0.15, -0.1) is 6.42 Å². The van der Waals surface area contributed by atoms with Crippen LogP contribution in [-0.2, 0) is 4.74 Å². The van der Waals surface area contributed by atoms with Crippen LogP contribution < -0.4 is 11.3 Å². The Morgan fingerprint density at radius 1 is 1.68 bits per heavy atom. The number of nitrogens with one attached hydrogen (secondary N) is 1. The maximum absolute atomic E-state index is 14.4. The molecule has 1 aliphatic rings. The van der Waals surface area contributed by atoms with Crippen LogP contribution in [-0.4, -0.2) is 54.2 Å². The number of rotatable bonds is 2. The van der Waals surface area contributed by atoms with Crippen molar-refractivity contribution in [1.82, 2.24) is 19.5 Å². The third kappa shape index (κ3) is 1.80. The van der Waals surface area contributed by atoms with E-state index >= 15 is 0 Å². The van der Waals surface area contributed by atoms with Gasteiger partial charge in [-0.2, -0.15) is 4.98 Å². The van der Waals surface area contributed by atoms with Gasteiger partial charge in [0.2, 0.25) is 5.95 Å². The summed E-state index contributed by atoms with van der Waals surface area (Å²) in [5.74, 6) is 1.88. The molecule has 3 rings (SSSR count). The van der Waals surface area contributed by atoms with Gasteiger partial charge in [0.15, 0.2) is 29.2 Å². The number of imidazole rings is 1. The molecule has 0 aliphatic carbocycles. The number of terminal acetylenes is 1. The minimum atomic E-state index is -1.96. The van der Waals surface area contributed by atoms with Crippen LogP contribution in [0.2, 0.25) is 0 Å². The minimum absolute atomic E-state index is 0.0214. The summed E-state index contributed by atoms with van der Waals surface area (Å²) in [4.78, 5) is 21.7. The number of nitrogens with two attached hydrogens (primary N) is 1. The van der Waals surface area contributed by atoms with E-state index < -0.39 is 36.3 Å². The molecule has 5 N–H and O–H groups in total. The highest BCUT2D eigenvalue weighted by Gasteiger charge is 2.55. The van der Waals surface area contributed by atoms with Gasteiger partial charge in [-0.3, -0.25) is 14.3 Å².